The molecule has 0 saturated heterocycles. The molecule has 0 aromatic carbocycles. The van der Waals surface area contributed by atoms with Gasteiger partial charge in [0.05, 0.1) is 0 Å². The number of hydrogen-bond acceptors (Lipinski definition) is 3. The molecule has 21 heavy (non-hydrogen) atoms. The van der Waals surface area contributed by atoms with Gasteiger partial charge in [0, 0.05) is 11.1 Å². The maximum Gasteiger partial charge on any atom is 0.334 e. The molecule has 0 radical (unpaired) electrons. The molecule has 0 amide bonds. The van der Waals surface area contributed by atoms with Crippen LogP contribution in [0.1, 0.15) is 86.0 Å². The van der Waals surface area contributed by atoms with Crippen molar-refractivity contribution in [3.05, 3.63) is 12.2 Å². The first-order chi connectivity index (χ1) is 9.78. The van der Waals surface area contributed by atoms with Crippen LogP contribution in [-0.2, 0) is 9.53 Å². The molecule has 1 unspecified atom stereocenters. The number of carbonyl (C=O) groups is 1. The monoisotopic (exact) mass is 297 g/mol. The first kappa shape index (κ1) is 20.2. The van der Waals surface area contributed by atoms with Crippen molar-refractivity contribution in [1.29, 1.82) is 0 Å². The van der Waals surface area contributed by atoms with Gasteiger partial charge in [-0.1, -0.05) is 58.4 Å². The van der Waals surface area contributed by atoms with E-state index in [9.17, 15) is 4.79 Å². The molecule has 0 aromatic rings. The predicted octanol–water partition coefficient (Wildman–Crippen LogP) is 4.96. The van der Waals surface area contributed by atoms with E-state index in [0.717, 1.165) is 6.42 Å². The molecule has 0 aliphatic carbocycles. The van der Waals surface area contributed by atoms with Gasteiger partial charge in [-0.25, -0.2) is 4.79 Å². The lowest BCUT2D eigenvalue weighted by Gasteiger charge is -2.30. The second-order valence-electron chi connectivity index (χ2n) is 6.73. The summed E-state index contributed by atoms with van der Waals surface area (Å²) in [4.78, 5) is 11.5. The van der Waals surface area contributed by atoms with Crippen LogP contribution in [0, 0.1) is 0 Å². The average molecular weight is 297 g/mol. The SMILES string of the molecule is C=C(C)C(=O)OC(C)NC(C)(C)CCCCCCCCC. The molecule has 0 aliphatic rings. The Labute approximate surface area is 131 Å². The maximum absolute atomic E-state index is 11.5. The highest BCUT2D eigenvalue weighted by Gasteiger charge is 2.21. The van der Waals surface area contributed by atoms with Crippen LogP contribution < -0.4 is 5.32 Å². The Morgan fingerprint density at radius 1 is 1.14 bits per heavy atom. The Hall–Kier alpha value is -0.830. The zero-order valence-corrected chi connectivity index (χ0v) is 14.8. The van der Waals surface area contributed by atoms with Crippen LogP contribution in [-0.4, -0.2) is 17.7 Å². The lowest BCUT2D eigenvalue weighted by Crippen LogP contribution is -2.46. The van der Waals surface area contributed by atoms with E-state index in [1.54, 1.807) is 6.92 Å². The van der Waals surface area contributed by atoms with Crippen molar-refractivity contribution in [3.63, 3.8) is 0 Å². The molecular weight excluding hydrogens is 262 g/mol. The van der Waals surface area contributed by atoms with E-state index in [-0.39, 0.29) is 17.7 Å². The summed E-state index contributed by atoms with van der Waals surface area (Å²) in [5, 5.41) is 3.37. The number of carbonyl (C=O) groups excluding carboxylic acids is 1. The van der Waals surface area contributed by atoms with Crippen LogP contribution >= 0.6 is 0 Å². The third-order valence-corrected chi connectivity index (χ3v) is 3.63. The fourth-order valence-electron chi connectivity index (χ4n) is 2.44. The van der Waals surface area contributed by atoms with Crippen LogP contribution in [0.25, 0.3) is 0 Å². The Bertz CT molecular complexity index is 310. The lowest BCUT2D eigenvalue weighted by atomic mass is 9.96. The zero-order valence-electron chi connectivity index (χ0n) is 14.8. The number of nitrogens with one attached hydrogen (secondary N) is 1. The van der Waals surface area contributed by atoms with Crippen LogP contribution in [0.2, 0.25) is 0 Å². The van der Waals surface area contributed by atoms with Crippen LogP contribution in [0.4, 0.5) is 0 Å². The van der Waals surface area contributed by atoms with Gasteiger partial charge >= 0.3 is 5.97 Å². The number of unbranched alkanes of at least 4 members (excludes halogenated alkanes) is 6. The largest absolute Gasteiger partial charge is 0.444 e. The third-order valence-electron chi connectivity index (χ3n) is 3.63. The van der Waals surface area contributed by atoms with Gasteiger partial charge in [0.1, 0.15) is 0 Å². The fourth-order valence-corrected chi connectivity index (χ4v) is 2.44. The number of hydrogen-bond donors (Lipinski definition) is 1. The minimum atomic E-state index is -0.332. The second kappa shape index (κ2) is 10.8. The molecule has 3 nitrogen and oxygen atoms in total. The fraction of sp³-hybridized carbons (Fsp3) is 0.833. The normalized spacial score (nSPS) is 13.0. The van der Waals surface area contributed by atoms with Gasteiger partial charge < -0.3 is 4.74 Å². The van der Waals surface area contributed by atoms with Crippen LogP contribution in [0.15, 0.2) is 12.2 Å². The molecule has 0 bridgehead atoms. The van der Waals surface area contributed by atoms with E-state index < -0.39 is 0 Å². The van der Waals surface area contributed by atoms with Crippen LogP contribution in [0.3, 0.4) is 0 Å². The first-order valence-corrected chi connectivity index (χ1v) is 8.42. The van der Waals surface area contributed by atoms with Gasteiger partial charge in [-0.3, -0.25) is 5.32 Å². The topological polar surface area (TPSA) is 38.3 Å². The predicted molar refractivity (Wildman–Crippen MR) is 90.2 cm³/mol. The zero-order chi connectivity index (χ0) is 16.3. The summed E-state index contributed by atoms with van der Waals surface area (Å²) in [6.45, 7) is 13.7. The van der Waals surface area contributed by atoms with Gasteiger partial charge in [0.15, 0.2) is 6.23 Å². The highest BCUT2D eigenvalue weighted by molar-refractivity contribution is 5.87. The highest BCUT2D eigenvalue weighted by Crippen LogP contribution is 2.17. The van der Waals surface area contributed by atoms with E-state index >= 15 is 0 Å². The summed E-state index contributed by atoms with van der Waals surface area (Å²) in [6.07, 6.45) is 10.0. The Morgan fingerprint density at radius 3 is 2.19 bits per heavy atom. The van der Waals surface area contributed by atoms with E-state index in [4.69, 9.17) is 4.74 Å². The minimum Gasteiger partial charge on any atom is -0.444 e. The summed E-state index contributed by atoms with van der Waals surface area (Å²) in [5.74, 6) is -0.332. The molecule has 0 saturated carbocycles. The number of rotatable bonds is 12. The third kappa shape index (κ3) is 11.5. The van der Waals surface area contributed by atoms with Crippen molar-refractivity contribution in [2.24, 2.45) is 0 Å². The highest BCUT2D eigenvalue weighted by atomic mass is 16.6. The molecule has 0 aliphatic heterocycles. The molecule has 3 heteroatoms. The Morgan fingerprint density at radius 2 is 1.67 bits per heavy atom. The molecule has 1 atom stereocenters. The van der Waals surface area contributed by atoms with Crippen molar-refractivity contribution < 1.29 is 9.53 Å². The molecule has 124 valence electrons. The molecule has 0 spiro atoms. The lowest BCUT2D eigenvalue weighted by molar-refractivity contribution is -0.145. The van der Waals surface area contributed by atoms with Crippen molar-refractivity contribution >= 4 is 5.97 Å². The van der Waals surface area contributed by atoms with Gasteiger partial charge in [0.25, 0.3) is 0 Å². The van der Waals surface area contributed by atoms with Gasteiger partial charge in [-0.2, -0.15) is 0 Å². The standard InChI is InChI=1S/C18H35NO2/c1-7-8-9-10-11-12-13-14-18(5,6)19-16(4)21-17(20)15(2)3/h16,19H,2,7-14H2,1,3-6H3. The average Bonchev–Trinajstić information content (AvgIpc) is 2.36. The van der Waals surface area contributed by atoms with E-state index in [1.807, 2.05) is 6.92 Å². The summed E-state index contributed by atoms with van der Waals surface area (Å²) >= 11 is 0. The van der Waals surface area contributed by atoms with Crippen molar-refractivity contribution in [2.75, 3.05) is 0 Å². The quantitative estimate of drug-likeness (QED) is 0.239. The summed E-state index contributed by atoms with van der Waals surface area (Å²) in [5.41, 5.74) is 0.423. The minimum absolute atomic E-state index is 0.0157. The molecule has 0 fully saturated rings. The van der Waals surface area contributed by atoms with Crippen molar-refractivity contribution in [1.82, 2.24) is 5.32 Å². The molecular formula is C18H35NO2. The van der Waals surface area contributed by atoms with E-state index in [2.05, 4.69) is 32.7 Å². The number of ether oxygens (including phenoxy) is 1. The smallest absolute Gasteiger partial charge is 0.334 e. The van der Waals surface area contributed by atoms with Crippen molar-refractivity contribution in [3.8, 4) is 0 Å². The summed E-state index contributed by atoms with van der Waals surface area (Å²) in [6, 6.07) is 0. The van der Waals surface area contributed by atoms with Gasteiger partial charge in [-0.15, -0.1) is 0 Å². The van der Waals surface area contributed by atoms with E-state index in [0.29, 0.717) is 5.57 Å². The van der Waals surface area contributed by atoms with Gasteiger partial charge in [-0.05, 0) is 34.1 Å². The molecule has 0 aromatic heterocycles. The van der Waals surface area contributed by atoms with Crippen molar-refractivity contribution in [2.45, 2.75) is 97.8 Å². The molecule has 0 rings (SSSR count). The molecule has 1 N–H and O–H groups in total. The summed E-state index contributed by atoms with van der Waals surface area (Å²) < 4.78 is 5.27. The Balaban J connectivity index is 3.81. The van der Waals surface area contributed by atoms with Crippen LogP contribution in [0.5, 0.6) is 0 Å². The number of esters is 1. The first-order valence-electron chi connectivity index (χ1n) is 8.42. The maximum atomic E-state index is 11.5. The van der Waals surface area contributed by atoms with E-state index in [1.165, 1.54) is 44.9 Å². The van der Waals surface area contributed by atoms with Gasteiger partial charge in [0.2, 0.25) is 0 Å². The summed E-state index contributed by atoms with van der Waals surface area (Å²) in [7, 11) is 0. The molecule has 0 heterocycles. The second-order valence-corrected chi connectivity index (χ2v) is 6.73. The Kier molecular flexibility index (Phi) is 10.4.